The molecule has 1 aromatic heterocycles. The lowest BCUT2D eigenvalue weighted by molar-refractivity contribution is 0.0909. The summed E-state index contributed by atoms with van der Waals surface area (Å²) in [5, 5.41) is 7.93. The normalized spacial score (nSPS) is 24.6. The van der Waals surface area contributed by atoms with Gasteiger partial charge in [-0.25, -0.2) is 9.07 Å². The highest BCUT2D eigenvalue weighted by molar-refractivity contribution is 5.94. The van der Waals surface area contributed by atoms with E-state index in [9.17, 15) is 9.18 Å². The Morgan fingerprint density at radius 2 is 1.93 bits per heavy atom. The van der Waals surface area contributed by atoms with Crippen molar-refractivity contribution in [1.82, 2.24) is 20.0 Å². The van der Waals surface area contributed by atoms with E-state index in [0.29, 0.717) is 11.7 Å². The van der Waals surface area contributed by atoms with Gasteiger partial charge in [0.15, 0.2) is 5.69 Å². The average molecular weight is 368 g/mol. The zero-order valence-electron chi connectivity index (χ0n) is 15.5. The molecule has 0 unspecified atom stereocenters. The molecule has 27 heavy (non-hydrogen) atoms. The number of carbonyl (C=O) groups is 1. The van der Waals surface area contributed by atoms with E-state index in [2.05, 4.69) is 15.3 Å². The van der Waals surface area contributed by atoms with Gasteiger partial charge >= 0.3 is 0 Å². The standard InChI is InChI=1S/C21H25FN4O/c22-14-7-9-15(10-8-14)26-18-6-3-4-16(18)20(24-26)21(27)23-17-11-13-25-12-2-1-5-19(17)25/h7-10,17,19H,1-6,11-13H2,(H,23,27)/t17-,19-/m0/s1. The van der Waals surface area contributed by atoms with Crippen LogP contribution in [0, 0.1) is 5.82 Å². The van der Waals surface area contributed by atoms with Crippen LogP contribution in [0.25, 0.3) is 5.69 Å². The van der Waals surface area contributed by atoms with Crippen LogP contribution < -0.4 is 5.32 Å². The number of benzene rings is 1. The highest BCUT2D eigenvalue weighted by Crippen LogP contribution is 2.30. The van der Waals surface area contributed by atoms with Crippen LogP contribution in [0.5, 0.6) is 0 Å². The first-order chi connectivity index (χ1) is 13.2. The second-order valence-corrected chi connectivity index (χ2v) is 7.98. The van der Waals surface area contributed by atoms with Gasteiger partial charge in [0.2, 0.25) is 0 Å². The summed E-state index contributed by atoms with van der Waals surface area (Å²) >= 11 is 0. The number of rotatable bonds is 3. The van der Waals surface area contributed by atoms with Crippen molar-refractivity contribution in [2.45, 2.75) is 57.0 Å². The van der Waals surface area contributed by atoms with Gasteiger partial charge in [-0.2, -0.15) is 5.10 Å². The topological polar surface area (TPSA) is 50.2 Å². The molecule has 1 N–H and O–H groups in total. The van der Waals surface area contributed by atoms with Gasteiger partial charge in [0, 0.05) is 29.9 Å². The van der Waals surface area contributed by atoms with Crippen LogP contribution in [-0.4, -0.2) is 45.8 Å². The Hall–Kier alpha value is -2.21. The highest BCUT2D eigenvalue weighted by atomic mass is 19.1. The number of hydrogen-bond donors (Lipinski definition) is 1. The molecule has 0 saturated carbocycles. The molecule has 2 aliphatic heterocycles. The number of nitrogens with zero attached hydrogens (tertiary/aromatic N) is 3. The number of piperidine rings is 1. The van der Waals surface area contributed by atoms with E-state index in [4.69, 9.17) is 0 Å². The van der Waals surface area contributed by atoms with E-state index < -0.39 is 0 Å². The highest BCUT2D eigenvalue weighted by Gasteiger charge is 2.37. The molecule has 5 nitrogen and oxygen atoms in total. The zero-order chi connectivity index (χ0) is 18.4. The summed E-state index contributed by atoms with van der Waals surface area (Å²) in [6, 6.07) is 7.03. The van der Waals surface area contributed by atoms with Crippen molar-refractivity contribution in [1.29, 1.82) is 0 Å². The number of nitrogens with one attached hydrogen (secondary N) is 1. The van der Waals surface area contributed by atoms with Crippen molar-refractivity contribution in [3.63, 3.8) is 0 Å². The molecule has 0 bridgehead atoms. The lowest BCUT2D eigenvalue weighted by atomic mass is 9.99. The molecule has 1 aliphatic carbocycles. The molecule has 3 aliphatic rings. The first kappa shape index (κ1) is 16.9. The van der Waals surface area contributed by atoms with Crippen molar-refractivity contribution in [2.75, 3.05) is 13.1 Å². The number of halogens is 1. The summed E-state index contributed by atoms with van der Waals surface area (Å²) in [5.41, 5.74) is 3.53. The molecule has 2 saturated heterocycles. The van der Waals surface area contributed by atoms with Gasteiger partial charge in [-0.15, -0.1) is 0 Å². The van der Waals surface area contributed by atoms with Gasteiger partial charge in [-0.1, -0.05) is 6.42 Å². The Morgan fingerprint density at radius 1 is 1.07 bits per heavy atom. The summed E-state index contributed by atoms with van der Waals surface area (Å²) in [6.45, 7) is 2.24. The van der Waals surface area contributed by atoms with E-state index in [1.165, 1.54) is 31.4 Å². The molecule has 6 heteroatoms. The van der Waals surface area contributed by atoms with Crippen molar-refractivity contribution >= 4 is 5.91 Å². The maximum Gasteiger partial charge on any atom is 0.272 e. The summed E-state index contributed by atoms with van der Waals surface area (Å²) in [6.07, 6.45) is 7.56. The quantitative estimate of drug-likeness (QED) is 0.906. The van der Waals surface area contributed by atoms with E-state index in [0.717, 1.165) is 55.7 Å². The molecule has 2 aromatic rings. The number of fused-ring (bicyclic) bond motifs is 2. The van der Waals surface area contributed by atoms with E-state index in [1.54, 1.807) is 12.1 Å². The second kappa shape index (κ2) is 6.75. The van der Waals surface area contributed by atoms with Crippen LogP contribution in [0.2, 0.25) is 0 Å². The lowest BCUT2D eigenvalue weighted by Crippen LogP contribution is -2.47. The minimum atomic E-state index is -0.265. The number of amides is 1. The lowest BCUT2D eigenvalue weighted by Gasteiger charge is -2.32. The predicted octanol–water partition coefficient (Wildman–Crippen LogP) is 2.86. The van der Waals surface area contributed by atoms with Crippen LogP contribution in [-0.2, 0) is 12.8 Å². The minimum absolute atomic E-state index is 0.0496. The van der Waals surface area contributed by atoms with Crippen molar-refractivity contribution < 1.29 is 9.18 Å². The van der Waals surface area contributed by atoms with Gasteiger partial charge in [0.05, 0.1) is 5.69 Å². The van der Waals surface area contributed by atoms with E-state index >= 15 is 0 Å². The molecule has 1 aromatic carbocycles. The zero-order valence-corrected chi connectivity index (χ0v) is 15.5. The minimum Gasteiger partial charge on any atom is -0.346 e. The van der Waals surface area contributed by atoms with Crippen molar-refractivity contribution in [3.05, 3.63) is 47.0 Å². The van der Waals surface area contributed by atoms with E-state index in [-0.39, 0.29) is 17.8 Å². The number of carbonyl (C=O) groups excluding carboxylic acids is 1. The van der Waals surface area contributed by atoms with Crippen LogP contribution >= 0.6 is 0 Å². The summed E-state index contributed by atoms with van der Waals surface area (Å²) < 4.78 is 15.1. The third-order valence-electron chi connectivity index (χ3n) is 6.39. The van der Waals surface area contributed by atoms with E-state index in [1.807, 2.05) is 4.68 Å². The maximum absolute atomic E-state index is 13.3. The average Bonchev–Trinajstić information content (AvgIpc) is 3.38. The Kier molecular flexibility index (Phi) is 4.23. The molecule has 0 radical (unpaired) electrons. The molecule has 1 amide bonds. The first-order valence-electron chi connectivity index (χ1n) is 10.1. The second-order valence-electron chi connectivity index (χ2n) is 7.98. The molecule has 2 fully saturated rings. The predicted molar refractivity (Wildman–Crippen MR) is 101 cm³/mol. The molecule has 2 atom stereocenters. The Morgan fingerprint density at radius 3 is 2.78 bits per heavy atom. The molecule has 3 heterocycles. The molecule has 0 spiro atoms. The molecule has 5 rings (SSSR count). The summed E-state index contributed by atoms with van der Waals surface area (Å²) in [4.78, 5) is 15.6. The third kappa shape index (κ3) is 2.96. The Balaban J connectivity index is 1.41. The van der Waals surface area contributed by atoms with Crippen LogP contribution in [0.1, 0.15) is 53.8 Å². The van der Waals surface area contributed by atoms with Crippen LogP contribution in [0.3, 0.4) is 0 Å². The number of hydrogen-bond acceptors (Lipinski definition) is 3. The fourth-order valence-corrected chi connectivity index (χ4v) is 5.07. The van der Waals surface area contributed by atoms with Crippen LogP contribution in [0.15, 0.2) is 24.3 Å². The smallest absolute Gasteiger partial charge is 0.272 e. The largest absolute Gasteiger partial charge is 0.346 e. The molecular weight excluding hydrogens is 343 g/mol. The van der Waals surface area contributed by atoms with Gasteiger partial charge in [-0.05, 0) is 69.3 Å². The van der Waals surface area contributed by atoms with Gasteiger partial charge in [0.25, 0.3) is 5.91 Å². The van der Waals surface area contributed by atoms with Crippen molar-refractivity contribution in [3.8, 4) is 5.69 Å². The maximum atomic E-state index is 13.3. The first-order valence-corrected chi connectivity index (χ1v) is 10.1. The third-order valence-corrected chi connectivity index (χ3v) is 6.39. The van der Waals surface area contributed by atoms with Gasteiger partial charge in [0.1, 0.15) is 5.82 Å². The SMILES string of the molecule is O=C(N[C@H]1CCN2CCCC[C@@H]12)c1nn(-c2ccc(F)cc2)c2c1CCC2. The monoisotopic (exact) mass is 368 g/mol. The van der Waals surface area contributed by atoms with Gasteiger partial charge < -0.3 is 5.32 Å². The van der Waals surface area contributed by atoms with Gasteiger partial charge in [-0.3, -0.25) is 9.69 Å². The molecule has 142 valence electrons. The summed E-state index contributed by atoms with van der Waals surface area (Å²) in [5.74, 6) is -0.315. The Labute approximate surface area is 158 Å². The number of aromatic nitrogens is 2. The summed E-state index contributed by atoms with van der Waals surface area (Å²) in [7, 11) is 0. The fourth-order valence-electron chi connectivity index (χ4n) is 5.07. The van der Waals surface area contributed by atoms with Crippen LogP contribution in [0.4, 0.5) is 4.39 Å². The molecular formula is C21H25FN4O. The van der Waals surface area contributed by atoms with Crippen molar-refractivity contribution in [2.24, 2.45) is 0 Å². The Bertz CT molecular complexity index is 860. The fraction of sp³-hybridized carbons (Fsp3) is 0.524.